The lowest BCUT2D eigenvalue weighted by Gasteiger charge is -2.15. The molecule has 7 nitrogen and oxygen atoms in total. The zero-order chi connectivity index (χ0) is 20.6. The minimum absolute atomic E-state index is 0. The number of benzene rings is 1. The predicted molar refractivity (Wildman–Crippen MR) is 133 cm³/mol. The van der Waals surface area contributed by atoms with E-state index in [2.05, 4.69) is 21.8 Å². The van der Waals surface area contributed by atoms with E-state index in [4.69, 9.17) is 4.99 Å². The number of nitrogens with zero attached hydrogens (tertiary/aromatic N) is 4. The lowest BCUT2D eigenvalue weighted by atomic mass is 10.2. The SMILES string of the molecule is Cc1ccn(-c2ccccc2CN=C(NCC(=O)N(C)C)NCc2cccs2)n1.I. The van der Waals surface area contributed by atoms with E-state index in [9.17, 15) is 4.79 Å². The fourth-order valence-corrected chi connectivity index (χ4v) is 3.30. The normalized spacial score (nSPS) is 11.0. The van der Waals surface area contributed by atoms with Crippen molar-refractivity contribution >= 4 is 47.2 Å². The van der Waals surface area contributed by atoms with Crippen molar-refractivity contribution < 1.29 is 4.79 Å². The van der Waals surface area contributed by atoms with Crippen molar-refractivity contribution in [1.82, 2.24) is 25.3 Å². The molecule has 9 heteroatoms. The number of hydrogen-bond donors (Lipinski definition) is 2. The van der Waals surface area contributed by atoms with Gasteiger partial charge in [-0.3, -0.25) is 4.79 Å². The number of guanidine groups is 1. The maximum Gasteiger partial charge on any atom is 0.241 e. The summed E-state index contributed by atoms with van der Waals surface area (Å²) >= 11 is 1.68. The highest BCUT2D eigenvalue weighted by Crippen LogP contribution is 2.15. The summed E-state index contributed by atoms with van der Waals surface area (Å²) in [4.78, 5) is 19.4. The first-order valence-corrected chi connectivity index (χ1v) is 10.3. The summed E-state index contributed by atoms with van der Waals surface area (Å²) < 4.78 is 1.86. The van der Waals surface area contributed by atoms with Gasteiger partial charge in [0.15, 0.2) is 5.96 Å². The average Bonchev–Trinajstić information content (AvgIpc) is 3.39. The molecule has 0 spiro atoms. The number of nitrogens with one attached hydrogen (secondary N) is 2. The van der Waals surface area contributed by atoms with Gasteiger partial charge >= 0.3 is 0 Å². The summed E-state index contributed by atoms with van der Waals surface area (Å²) in [5.41, 5.74) is 3.00. The van der Waals surface area contributed by atoms with Gasteiger partial charge < -0.3 is 15.5 Å². The summed E-state index contributed by atoms with van der Waals surface area (Å²) in [5.74, 6) is 0.586. The third-order valence-corrected chi connectivity index (χ3v) is 5.16. The Morgan fingerprint density at radius 1 is 1.17 bits per heavy atom. The summed E-state index contributed by atoms with van der Waals surface area (Å²) in [6.45, 7) is 3.27. The fourth-order valence-electron chi connectivity index (χ4n) is 2.66. The molecule has 0 atom stereocenters. The standard InChI is InChI=1S/C21H26N6OS.HI/c1-16-10-11-27(25-16)19-9-5-4-7-17(19)13-22-21(24-15-20(28)26(2)3)23-14-18-8-6-12-29-18;/h4-12H,13-15H2,1-3H3,(H2,22,23,24);1H. The molecular weight excluding hydrogens is 511 g/mol. The Morgan fingerprint density at radius 2 is 1.97 bits per heavy atom. The quantitative estimate of drug-likeness (QED) is 0.276. The number of thiophene rings is 1. The molecule has 0 aliphatic heterocycles. The van der Waals surface area contributed by atoms with Crippen molar-refractivity contribution in [3.05, 3.63) is 70.2 Å². The smallest absolute Gasteiger partial charge is 0.241 e. The number of amides is 1. The molecule has 0 saturated carbocycles. The van der Waals surface area contributed by atoms with Crippen LogP contribution in [-0.4, -0.2) is 47.2 Å². The Morgan fingerprint density at radius 3 is 2.63 bits per heavy atom. The molecule has 2 heterocycles. The van der Waals surface area contributed by atoms with Crippen molar-refractivity contribution in [1.29, 1.82) is 0 Å². The molecule has 0 bridgehead atoms. The van der Waals surface area contributed by atoms with E-state index < -0.39 is 0 Å². The Hall–Kier alpha value is -2.40. The van der Waals surface area contributed by atoms with Crippen LogP contribution in [-0.2, 0) is 17.9 Å². The van der Waals surface area contributed by atoms with E-state index in [-0.39, 0.29) is 36.4 Å². The van der Waals surface area contributed by atoms with Gasteiger partial charge in [0.25, 0.3) is 0 Å². The van der Waals surface area contributed by atoms with Crippen LogP contribution in [0.4, 0.5) is 0 Å². The molecule has 30 heavy (non-hydrogen) atoms. The number of para-hydroxylation sites is 1. The molecule has 0 unspecified atom stereocenters. The van der Waals surface area contributed by atoms with Crippen LogP contribution in [0.25, 0.3) is 5.69 Å². The molecule has 1 aromatic carbocycles. The molecule has 0 aliphatic carbocycles. The van der Waals surface area contributed by atoms with Crippen LogP contribution in [0.2, 0.25) is 0 Å². The lowest BCUT2D eigenvalue weighted by molar-refractivity contribution is -0.127. The third kappa shape index (κ3) is 6.84. The number of likely N-dealkylation sites (N-methyl/N-ethyl adjacent to an activating group) is 1. The second kappa shape index (κ2) is 11.7. The molecule has 1 amide bonds. The molecule has 2 aromatic heterocycles. The van der Waals surface area contributed by atoms with Gasteiger partial charge in [0.1, 0.15) is 0 Å². The molecule has 2 N–H and O–H groups in total. The maximum absolute atomic E-state index is 12.0. The Balaban J connectivity index is 0.00000320. The molecule has 0 saturated heterocycles. The van der Waals surface area contributed by atoms with Crippen LogP contribution in [0.3, 0.4) is 0 Å². The monoisotopic (exact) mass is 538 g/mol. The zero-order valence-corrected chi connectivity index (χ0v) is 20.5. The minimum Gasteiger partial charge on any atom is -0.351 e. The largest absolute Gasteiger partial charge is 0.351 e. The van der Waals surface area contributed by atoms with E-state index in [0.29, 0.717) is 19.0 Å². The Labute approximate surface area is 198 Å². The van der Waals surface area contributed by atoms with Crippen LogP contribution in [0.1, 0.15) is 16.1 Å². The number of carbonyl (C=O) groups excluding carboxylic acids is 1. The van der Waals surface area contributed by atoms with Gasteiger partial charge in [0.2, 0.25) is 5.91 Å². The van der Waals surface area contributed by atoms with Gasteiger partial charge in [-0.25, -0.2) is 9.67 Å². The Kier molecular flexibility index (Phi) is 9.31. The first-order valence-electron chi connectivity index (χ1n) is 9.38. The summed E-state index contributed by atoms with van der Waals surface area (Å²) in [6, 6.07) is 14.1. The first kappa shape index (κ1) is 23.9. The van der Waals surface area contributed by atoms with Crippen LogP contribution in [0.15, 0.2) is 59.0 Å². The van der Waals surface area contributed by atoms with Gasteiger partial charge in [0, 0.05) is 25.2 Å². The maximum atomic E-state index is 12.0. The van der Waals surface area contributed by atoms with E-state index in [1.165, 1.54) is 4.88 Å². The third-order valence-electron chi connectivity index (χ3n) is 4.28. The number of halogens is 1. The predicted octanol–water partition coefficient (Wildman–Crippen LogP) is 3.18. The second-order valence-corrected chi connectivity index (χ2v) is 7.80. The highest BCUT2D eigenvalue weighted by Gasteiger charge is 2.08. The van der Waals surface area contributed by atoms with Crippen molar-refractivity contribution in [2.24, 2.45) is 4.99 Å². The topological polar surface area (TPSA) is 74.6 Å². The summed E-state index contributed by atoms with van der Waals surface area (Å²) in [6.07, 6.45) is 1.95. The average molecular weight is 538 g/mol. The number of rotatable bonds is 7. The summed E-state index contributed by atoms with van der Waals surface area (Å²) in [5, 5.41) is 13.0. The van der Waals surface area contributed by atoms with E-state index in [1.807, 2.05) is 59.6 Å². The fraction of sp³-hybridized carbons (Fsp3) is 0.286. The van der Waals surface area contributed by atoms with Crippen LogP contribution < -0.4 is 10.6 Å². The second-order valence-electron chi connectivity index (χ2n) is 6.77. The minimum atomic E-state index is -0.0111. The van der Waals surface area contributed by atoms with Gasteiger partial charge in [0.05, 0.1) is 31.0 Å². The molecule has 160 valence electrons. The van der Waals surface area contributed by atoms with Crippen LogP contribution in [0.5, 0.6) is 0 Å². The van der Waals surface area contributed by atoms with Gasteiger partial charge in [-0.15, -0.1) is 35.3 Å². The molecule has 0 aliphatic rings. The molecule has 3 aromatic rings. The number of aromatic nitrogens is 2. The number of carbonyl (C=O) groups is 1. The Bertz CT molecular complexity index is 968. The van der Waals surface area contributed by atoms with Gasteiger partial charge in [-0.2, -0.15) is 5.10 Å². The molecule has 0 radical (unpaired) electrons. The highest BCUT2D eigenvalue weighted by molar-refractivity contribution is 14.0. The van der Waals surface area contributed by atoms with Gasteiger partial charge in [-0.1, -0.05) is 24.3 Å². The highest BCUT2D eigenvalue weighted by atomic mass is 127. The lowest BCUT2D eigenvalue weighted by Crippen LogP contribution is -2.42. The van der Waals surface area contributed by atoms with Crippen molar-refractivity contribution in [3.63, 3.8) is 0 Å². The van der Waals surface area contributed by atoms with Crippen LogP contribution >= 0.6 is 35.3 Å². The van der Waals surface area contributed by atoms with Crippen molar-refractivity contribution in [2.45, 2.75) is 20.0 Å². The zero-order valence-electron chi connectivity index (χ0n) is 17.3. The number of aryl methyl sites for hydroxylation is 1. The van der Waals surface area contributed by atoms with Crippen LogP contribution in [0, 0.1) is 6.92 Å². The van der Waals surface area contributed by atoms with E-state index in [0.717, 1.165) is 16.9 Å². The van der Waals surface area contributed by atoms with Crippen molar-refractivity contribution in [3.8, 4) is 5.69 Å². The number of hydrogen-bond acceptors (Lipinski definition) is 4. The number of aliphatic imine (C=N–C) groups is 1. The molecule has 0 fully saturated rings. The van der Waals surface area contributed by atoms with E-state index >= 15 is 0 Å². The van der Waals surface area contributed by atoms with Gasteiger partial charge in [-0.05, 0) is 36.1 Å². The first-order chi connectivity index (χ1) is 14.0. The van der Waals surface area contributed by atoms with Crippen molar-refractivity contribution in [2.75, 3.05) is 20.6 Å². The summed E-state index contributed by atoms with van der Waals surface area (Å²) in [7, 11) is 3.48. The molecular formula is C21H27IN6OS. The van der Waals surface area contributed by atoms with E-state index in [1.54, 1.807) is 30.3 Å². The molecule has 3 rings (SSSR count).